The van der Waals surface area contributed by atoms with Crippen molar-refractivity contribution in [2.75, 3.05) is 6.54 Å². The van der Waals surface area contributed by atoms with Gasteiger partial charge in [-0.2, -0.15) is 0 Å². The molecular weight excluding hydrogens is 317 g/mol. The van der Waals surface area contributed by atoms with Gasteiger partial charge in [0.05, 0.1) is 5.56 Å². The second kappa shape index (κ2) is 8.14. The quantitative estimate of drug-likeness (QED) is 0.800. The van der Waals surface area contributed by atoms with Crippen LogP contribution in [0.3, 0.4) is 0 Å². The Labute approximate surface area is 132 Å². The summed E-state index contributed by atoms with van der Waals surface area (Å²) in [5.41, 5.74) is 0.121. The molecule has 0 fully saturated rings. The molecule has 0 saturated heterocycles. The van der Waals surface area contributed by atoms with Crippen LogP contribution in [0, 0.1) is 11.8 Å². The summed E-state index contributed by atoms with van der Waals surface area (Å²) in [7, 11) is 0. The van der Waals surface area contributed by atoms with E-state index in [9.17, 15) is 9.59 Å². The van der Waals surface area contributed by atoms with Crippen LogP contribution >= 0.6 is 23.2 Å². The normalized spacial score (nSPS) is 12.2. The minimum absolute atomic E-state index is 0.00153. The van der Waals surface area contributed by atoms with Crippen molar-refractivity contribution < 1.29 is 14.7 Å². The fourth-order valence-corrected chi connectivity index (χ4v) is 2.32. The lowest BCUT2D eigenvalue weighted by molar-refractivity contribution is -0.138. The van der Waals surface area contributed by atoms with Crippen LogP contribution in [0.15, 0.2) is 6.07 Å². The minimum Gasteiger partial charge on any atom is -0.481 e. The van der Waals surface area contributed by atoms with Crippen molar-refractivity contribution in [3.8, 4) is 0 Å². The predicted octanol–water partition coefficient (Wildman–Crippen LogP) is 2.65. The average molecular weight is 334 g/mol. The first-order chi connectivity index (χ1) is 9.79. The minimum atomic E-state index is -0.887. The molecule has 116 valence electrons. The predicted molar refractivity (Wildman–Crippen MR) is 79.6 cm³/mol. The van der Waals surface area contributed by atoms with E-state index in [0.717, 1.165) is 0 Å². The molecule has 0 aliphatic heterocycles. The second-order valence-corrected chi connectivity index (χ2v) is 5.92. The van der Waals surface area contributed by atoms with Gasteiger partial charge >= 0.3 is 5.97 Å². The number of nitrogens with zero attached hydrogens (tertiary/aromatic N) is 2. The molecule has 1 aromatic rings. The number of aliphatic carboxylic acids is 1. The lowest BCUT2D eigenvalue weighted by Crippen LogP contribution is -2.31. The van der Waals surface area contributed by atoms with Crippen LogP contribution in [0.2, 0.25) is 10.3 Å². The Morgan fingerprint density at radius 1 is 1.33 bits per heavy atom. The summed E-state index contributed by atoms with van der Waals surface area (Å²) in [6.45, 7) is 4.25. The largest absolute Gasteiger partial charge is 0.481 e. The number of nitrogens with one attached hydrogen (secondary N) is 1. The molecule has 1 atom stereocenters. The van der Waals surface area contributed by atoms with Gasteiger partial charge in [0, 0.05) is 13.0 Å². The van der Waals surface area contributed by atoms with E-state index >= 15 is 0 Å². The zero-order valence-electron chi connectivity index (χ0n) is 11.8. The van der Waals surface area contributed by atoms with E-state index in [0.29, 0.717) is 12.3 Å². The van der Waals surface area contributed by atoms with Crippen molar-refractivity contribution in [3.05, 3.63) is 21.9 Å². The Kier molecular flexibility index (Phi) is 6.84. The maximum atomic E-state index is 12.0. The highest BCUT2D eigenvalue weighted by Gasteiger charge is 2.18. The van der Waals surface area contributed by atoms with Crippen LogP contribution < -0.4 is 5.32 Å². The zero-order valence-corrected chi connectivity index (χ0v) is 13.3. The van der Waals surface area contributed by atoms with Gasteiger partial charge in [-0.1, -0.05) is 37.0 Å². The van der Waals surface area contributed by atoms with Crippen molar-refractivity contribution in [1.82, 2.24) is 15.5 Å². The standard InChI is InChI=1S/C13H17Cl2N3O3/c1-7(2)3-8(4-11(19)20)6-16-13(21)9-5-10(14)17-18-12(9)15/h5,7-8H,3-4,6H2,1-2H3,(H,16,21)(H,19,20). The maximum Gasteiger partial charge on any atom is 0.303 e. The molecule has 2 N–H and O–H groups in total. The van der Waals surface area contributed by atoms with Crippen LogP contribution in [0.5, 0.6) is 0 Å². The third-order valence-corrected chi connectivity index (χ3v) is 3.25. The fourth-order valence-electron chi connectivity index (χ4n) is 2.00. The molecule has 0 aliphatic rings. The first-order valence-corrected chi connectivity index (χ1v) is 7.24. The lowest BCUT2D eigenvalue weighted by atomic mass is 9.94. The van der Waals surface area contributed by atoms with Gasteiger partial charge in [-0.05, 0) is 24.3 Å². The maximum absolute atomic E-state index is 12.0. The van der Waals surface area contributed by atoms with Crippen molar-refractivity contribution in [2.24, 2.45) is 11.8 Å². The summed E-state index contributed by atoms with van der Waals surface area (Å²) < 4.78 is 0. The molecule has 1 unspecified atom stereocenters. The van der Waals surface area contributed by atoms with Crippen LogP contribution in [0.1, 0.15) is 37.0 Å². The van der Waals surface area contributed by atoms with Gasteiger partial charge in [0.1, 0.15) is 0 Å². The highest BCUT2D eigenvalue weighted by molar-refractivity contribution is 6.34. The van der Waals surface area contributed by atoms with Gasteiger partial charge in [0.2, 0.25) is 0 Å². The molecule has 0 spiro atoms. The van der Waals surface area contributed by atoms with Gasteiger partial charge in [0.15, 0.2) is 10.3 Å². The molecule has 8 heteroatoms. The number of halogens is 2. The Hall–Kier alpha value is -1.40. The summed E-state index contributed by atoms with van der Waals surface area (Å²) >= 11 is 11.5. The smallest absolute Gasteiger partial charge is 0.303 e. The van der Waals surface area contributed by atoms with Gasteiger partial charge in [-0.3, -0.25) is 9.59 Å². The van der Waals surface area contributed by atoms with Gasteiger partial charge in [-0.25, -0.2) is 0 Å². The molecule has 1 amide bonds. The number of hydrogen-bond donors (Lipinski definition) is 2. The molecule has 0 bridgehead atoms. The first-order valence-electron chi connectivity index (χ1n) is 6.48. The van der Waals surface area contributed by atoms with Gasteiger partial charge < -0.3 is 10.4 Å². The number of hydrogen-bond acceptors (Lipinski definition) is 4. The Morgan fingerprint density at radius 3 is 2.57 bits per heavy atom. The summed E-state index contributed by atoms with van der Waals surface area (Å²) in [6, 6.07) is 1.32. The van der Waals surface area contributed by atoms with Crippen molar-refractivity contribution in [2.45, 2.75) is 26.7 Å². The molecular formula is C13H17Cl2N3O3. The van der Waals surface area contributed by atoms with Crippen LogP contribution in [-0.4, -0.2) is 33.7 Å². The molecule has 1 rings (SSSR count). The van der Waals surface area contributed by atoms with Crippen molar-refractivity contribution in [3.63, 3.8) is 0 Å². The Morgan fingerprint density at radius 2 is 2.00 bits per heavy atom. The Balaban J connectivity index is 2.68. The summed E-state index contributed by atoms with van der Waals surface area (Å²) in [5.74, 6) is -1.14. The zero-order chi connectivity index (χ0) is 16.0. The average Bonchev–Trinajstić information content (AvgIpc) is 2.37. The van der Waals surface area contributed by atoms with Gasteiger partial charge in [-0.15, -0.1) is 10.2 Å². The third kappa shape index (κ3) is 6.27. The highest BCUT2D eigenvalue weighted by atomic mass is 35.5. The number of carboxylic acid groups (broad SMARTS) is 1. The first kappa shape index (κ1) is 17.7. The van der Waals surface area contributed by atoms with Crippen LogP contribution in [0.4, 0.5) is 0 Å². The highest BCUT2D eigenvalue weighted by Crippen LogP contribution is 2.17. The molecule has 21 heavy (non-hydrogen) atoms. The molecule has 6 nitrogen and oxygen atoms in total. The van der Waals surface area contributed by atoms with Crippen LogP contribution in [-0.2, 0) is 4.79 Å². The summed E-state index contributed by atoms with van der Waals surface area (Å²) in [6.07, 6.45) is 0.706. The van der Waals surface area contributed by atoms with E-state index in [2.05, 4.69) is 15.5 Å². The molecule has 1 aromatic heterocycles. The van der Waals surface area contributed by atoms with E-state index in [1.54, 1.807) is 0 Å². The van der Waals surface area contributed by atoms with Crippen LogP contribution in [0.25, 0.3) is 0 Å². The van der Waals surface area contributed by atoms with Crippen molar-refractivity contribution in [1.29, 1.82) is 0 Å². The number of aromatic nitrogens is 2. The SMILES string of the molecule is CC(C)CC(CNC(=O)c1cc(Cl)nnc1Cl)CC(=O)O. The summed E-state index contributed by atoms with van der Waals surface area (Å²) in [5, 5.41) is 18.6. The van der Waals surface area contributed by atoms with E-state index < -0.39 is 11.9 Å². The van der Waals surface area contributed by atoms with E-state index in [4.69, 9.17) is 28.3 Å². The van der Waals surface area contributed by atoms with E-state index in [1.807, 2.05) is 13.8 Å². The monoisotopic (exact) mass is 333 g/mol. The molecule has 0 aliphatic carbocycles. The fraction of sp³-hybridized carbons (Fsp3) is 0.538. The number of carbonyl (C=O) groups is 2. The topological polar surface area (TPSA) is 92.2 Å². The molecule has 0 saturated carbocycles. The molecule has 1 heterocycles. The van der Waals surface area contributed by atoms with Gasteiger partial charge in [0.25, 0.3) is 5.91 Å². The van der Waals surface area contributed by atoms with E-state index in [-0.39, 0.29) is 34.8 Å². The molecule has 0 aromatic carbocycles. The number of rotatable bonds is 7. The third-order valence-electron chi connectivity index (χ3n) is 2.78. The molecule has 0 radical (unpaired) electrons. The number of amides is 1. The Bertz CT molecular complexity index is 523. The number of carboxylic acids is 1. The number of carbonyl (C=O) groups excluding carboxylic acids is 1. The second-order valence-electron chi connectivity index (χ2n) is 5.18. The lowest BCUT2D eigenvalue weighted by Gasteiger charge is -2.17. The van der Waals surface area contributed by atoms with Crippen molar-refractivity contribution >= 4 is 35.1 Å². The van der Waals surface area contributed by atoms with E-state index in [1.165, 1.54) is 6.07 Å². The summed E-state index contributed by atoms with van der Waals surface area (Å²) in [4.78, 5) is 22.9.